The molecule has 0 bridgehead atoms. The van der Waals surface area contributed by atoms with Crippen molar-refractivity contribution in [2.75, 3.05) is 0 Å². The van der Waals surface area contributed by atoms with Gasteiger partial charge in [-0.05, 0) is 26.7 Å². The Hall–Kier alpha value is -1.06. The lowest BCUT2D eigenvalue weighted by Gasteiger charge is -2.44. The lowest BCUT2D eigenvalue weighted by molar-refractivity contribution is -0.181. The van der Waals surface area contributed by atoms with Crippen LogP contribution in [0, 0.1) is 0 Å². The maximum Gasteiger partial charge on any atom is 0.241 e. The molecular weight excluding hydrogens is 204 g/mol. The third-order valence-corrected chi connectivity index (χ3v) is 3.31. The Bertz CT molecular complexity index is 250. The maximum absolute atomic E-state index is 11.9. The van der Waals surface area contributed by atoms with E-state index in [1.807, 2.05) is 27.7 Å². The summed E-state index contributed by atoms with van der Waals surface area (Å²) >= 11 is 0. The molecule has 0 aromatic heterocycles. The molecule has 4 heteroatoms. The van der Waals surface area contributed by atoms with Gasteiger partial charge < -0.3 is 0 Å². The molecule has 0 aromatic carbocycles. The van der Waals surface area contributed by atoms with Gasteiger partial charge in [-0.3, -0.25) is 9.59 Å². The topological polar surface area (TPSA) is 40.6 Å². The zero-order valence-corrected chi connectivity index (χ0v) is 10.7. The zero-order chi connectivity index (χ0) is 12.3. The Labute approximate surface area is 97.6 Å². The highest BCUT2D eigenvalue weighted by Crippen LogP contribution is 2.22. The number of hydrogen-bond acceptors (Lipinski definition) is 2. The van der Waals surface area contributed by atoms with E-state index in [0.717, 1.165) is 12.8 Å². The van der Waals surface area contributed by atoms with Crippen molar-refractivity contribution in [3.8, 4) is 0 Å². The van der Waals surface area contributed by atoms with E-state index in [2.05, 4.69) is 0 Å². The van der Waals surface area contributed by atoms with Gasteiger partial charge in [-0.15, -0.1) is 0 Å². The van der Waals surface area contributed by atoms with Gasteiger partial charge in [-0.25, -0.2) is 10.0 Å². The number of rotatable bonds is 4. The standard InChI is InChI=1S/C12H22N2O2/c1-5-9(3)13-11(15)7-8-12(16)14(13)10(4)6-2/h9-10H,5-8H2,1-4H3/t9-,10-/m0/s1. The van der Waals surface area contributed by atoms with Crippen LogP contribution in [0.25, 0.3) is 0 Å². The second kappa shape index (κ2) is 5.32. The first-order valence-corrected chi connectivity index (χ1v) is 6.16. The molecule has 1 saturated heterocycles. The monoisotopic (exact) mass is 226 g/mol. The van der Waals surface area contributed by atoms with E-state index >= 15 is 0 Å². The van der Waals surface area contributed by atoms with Crippen LogP contribution in [0.1, 0.15) is 53.4 Å². The van der Waals surface area contributed by atoms with Crippen molar-refractivity contribution in [2.45, 2.75) is 65.5 Å². The Morgan fingerprint density at radius 3 is 1.50 bits per heavy atom. The molecule has 1 heterocycles. The van der Waals surface area contributed by atoms with Crippen molar-refractivity contribution in [3.63, 3.8) is 0 Å². The van der Waals surface area contributed by atoms with Gasteiger partial charge in [0.2, 0.25) is 11.8 Å². The van der Waals surface area contributed by atoms with Crippen LogP contribution in [0.3, 0.4) is 0 Å². The minimum atomic E-state index is 0.0780. The normalized spacial score (nSPS) is 21.2. The van der Waals surface area contributed by atoms with Crippen LogP contribution in [0.4, 0.5) is 0 Å². The van der Waals surface area contributed by atoms with Crippen LogP contribution < -0.4 is 0 Å². The number of carbonyl (C=O) groups is 2. The van der Waals surface area contributed by atoms with Crippen LogP contribution >= 0.6 is 0 Å². The molecule has 1 aliphatic heterocycles. The molecule has 1 fully saturated rings. The molecule has 0 aromatic rings. The average Bonchev–Trinajstić information content (AvgIpc) is 2.29. The summed E-state index contributed by atoms with van der Waals surface area (Å²) in [5.74, 6) is 0.156. The van der Waals surface area contributed by atoms with Gasteiger partial charge in [0.1, 0.15) is 0 Å². The molecule has 16 heavy (non-hydrogen) atoms. The van der Waals surface area contributed by atoms with Crippen molar-refractivity contribution in [3.05, 3.63) is 0 Å². The van der Waals surface area contributed by atoms with Crippen molar-refractivity contribution in [1.29, 1.82) is 0 Å². The first-order chi connectivity index (χ1) is 7.52. The van der Waals surface area contributed by atoms with E-state index in [1.54, 1.807) is 10.0 Å². The summed E-state index contributed by atoms with van der Waals surface area (Å²) in [6.45, 7) is 8.05. The van der Waals surface area contributed by atoms with E-state index in [4.69, 9.17) is 0 Å². The van der Waals surface area contributed by atoms with Crippen molar-refractivity contribution < 1.29 is 9.59 Å². The molecule has 2 amide bonds. The number of carbonyl (C=O) groups excluding carboxylic acids is 2. The van der Waals surface area contributed by atoms with Gasteiger partial charge in [0.25, 0.3) is 0 Å². The van der Waals surface area contributed by atoms with E-state index in [9.17, 15) is 9.59 Å². The first-order valence-electron chi connectivity index (χ1n) is 6.16. The Kier molecular flexibility index (Phi) is 4.33. The van der Waals surface area contributed by atoms with Crippen molar-refractivity contribution in [1.82, 2.24) is 10.0 Å². The van der Waals surface area contributed by atoms with Crippen molar-refractivity contribution >= 4 is 11.8 Å². The first kappa shape index (κ1) is 13.0. The largest absolute Gasteiger partial charge is 0.273 e. The van der Waals surface area contributed by atoms with Gasteiger partial charge >= 0.3 is 0 Å². The van der Waals surface area contributed by atoms with Crippen LogP contribution in [0.2, 0.25) is 0 Å². The molecule has 0 unspecified atom stereocenters. The van der Waals surface area contributed by atoms with Gasteiger partial charge in [-0.2, -0.15) is 0 Å². The second-order valence-corrected chi connectivity index (χ2v) is 4.49. The SMILES string of the molecule is CC[C@H](C)N1C(=O)CCC(=O)N1[C@@H](C)CC. The summed E-state index contributed by atoms with van der Waals surface area (Å²) in [5, 5.41) is 3.33. The van der Waals surface area contributed by atoms with E-state index in [0.29, 0.717) is 12.8 Å². The smallest absolute Gasteiger partial charge is 0.241 e. The predicted molar refractivity (Wildman–Crippen MR) is 62.4 cm³/mol. The Morgan fingerprint density at radius 1 is 0.938 bits per heavy atom. The fourth-order valence-corrected chi connectivity index (χ4v) is 1.95. The van der Waals surface area contributed by atoms with Gasteiger partial charge in [-0.1, -0.05) is 13.8 Å². The van der Waals surface area contributed by atoms with Crippen LogP contribution in [-0.2, 0) is 9.59 Å². The van der Waals surface area contributed by atoms with E-state index in [-0.39, 0.29) is 23.9 Å². The summed E-state index contributed by atoms with van der Waals surface area (Å²) in [6.07, 6.45) is 2.45. The summed E-state index contributed by atoms with van der Waals surface area (Å²) in [7, 11) is 0. The third-order valence-electron chi connectivity index (χ3n) is 3.31. The van der Waals surface area contributed by atoms with Gasteiger partial charge in [0, 0.05) is 12.8 Å². The highest BCUT2D eigenvalue weighted by molar-refractivity contribution is 5.89. The molecule has 0 spiro atoms. The predicted octanol–water partition coefficient (Wildman–Crippen LogP) is 1.95. The fraction of sp³-hybridized carbons (Fsp3) is 0.833. The van der Waals surface area contributed by atoms with Crippen LogP contribution in [0.5, 0.6) is 0 Å². The number of hydrazine groups is 1. The van der Waals surface area contributed by atoms with Crippen LogP contribution in [-0.4, -0.2) is 33.9 Å². The fourth-order valence-electron chi connectivity index (χ4n) is 1.95. The van der Waals surface area contributed by atoms with Crippen LogP contribution in [0.15, 0.2) is 0 Å². The molecule has 1 aliphatic rings. The Morgan fingerprint density at radius 2 is 1.25 bits per heavy atom. The summed E-state index contributed by atoms with van der Waals surface area (Å²) in [5.41, 5.74) is 0. The minimum absolute atomic E-state index is 0.0780. The van der Waals surface area contributed by atoms with E-state index in [1.165, 1.54) is 0 Å². The second-order valence-electron chi connectivity index (χ2n) is 4.49. The molecule has 0 saturated carbocycles. The minimum Gasteiger partial charge on any atom is -0.273 e. The summed E-state index contributed by atoms with van der Waals surface area (Å²) in [4.78, 5) is 23.8. The zero-order valence-electron chi connectivity index (χ0n) is 10.7. The molecule has 0 N–H and O–H groups in total. The summed E-state index contributed by atoms with van der Waals surface area (Å²) in [6, 6.07) is 0.205. The number of nitrogens with zero attached hydrogens (tertiary/aromatic N) is 2. The number of amides is 2. The third kappa shape index (κ3) is 2.36. The van der Waals surface area contributed by atoms with Gasteiger partial charge in [0.05, 0.1) is 12.1 Å². The highest BCUT2D eigenvalue weighted by atomic mass is 16.2. The molecule has 1 rings (SSSR count). The number of hydrogen-bond donors (Lipinski definition) is 0. The molecule has 92 valence electrons. The molecule has 2 atom stereocenters. The molecule has 0 radical (unpaired) electrons. The lowest BCUT2D eigenvalue weighted by atomic mass is 10.1. The highest BCUT2D eigenvalue weighted by Gasteiger charge is 2.36. The van der Waals surface area contributed by atoms with Crippen molar-refractivity contribution in [2.24, 2.45) is 0 Å². The molecule has 4 nitrogen and oxygen atoms in total. The van der Waals surface area contributed by atoms with Gasteiger partial charge in [0.15, 0.2) is 0 Å². The molecule has 0 aliphatic carbocycles. The summed E-state index contributed by atoms with van der Waals surface area (Å²) < 4.78 is 0. The lowest BCUT2D eigenvalue weighted by Crippen LogP contribution is -2.59. The maximum atomic E-state index is 11.9. The van der Waals surface area contributed by atoms with E-state index < -0.39 is 0 Å². The average molecular weight is 226 g/mol. The Balaban J connectivity index is 2.94. The quantitative estimate of drug-likeness (QED) is 0.735. The molecular formula is C12H22N2O2.